The fraction of sp³-hybridized carbons (Fsp3) is 0.692. The lowest BCUT2D eigenvalue weighted by Crippen LogP contribution is -2.41. The molecule has 0 saturated carbocycles. The SMILES string of the molecule is CCCC(CN)(Cc1cc(C)nn1CC)C(=O)O. The first-order chi connectivity index (χ1) is 8.49. The van der Waals surface area contributed by atoms with E-state index in [0.29, 0.717) is 12.8 Å². The van der Waals surface area contributed by atoms with Gasteiger partial charge < -0.3 is 10.8 Å². The molecule has 5 nitrogen and oxygen atoms in total. The van der Waals surface area contributed by atoms with E-state index in [1.807, 2.05) is 31.5 Å². The molecule has 5 heteroatoms. The Kier molecular flexibility index (Phi) is 4.90. The van der Waals surface area contributed by atoms with Crippen LogP contribution in [0.2, 0.25) is 0 Å². The number of rotatable bonds is 7. The van der Waals surface area contributed by atoms with E-state index in [1.54, 1.807) is 0 Å². The maximum atomic E-state index is 11.5. The first-order valence-corrected chi connectivity index (χ1v) is 6.46. The van der Waals surface area contributed by atoms with E-state index >= 15 is 0 Å². The molecule has 3 N–H and O–H groups in total. The molecule has 0 aliphatic rings. The minimum atomic E-state index is -0.867. The predicted octanol–water partition coefficient (Wildman–Crippen LogP) is 1.58. The molecule has 1 aromatic heterocycles. The normalized spacial score (nSPS) is 14.4. The molecule has 0 aromatic carbocycles. The van der Waals surface area contributed by atoms with Crippen LogP contribution in [-0.2, 0) is 17.8 Å². The van der Waals surface area contributed by atoms with Crippen molar-refractivity contribution in [2.45, 2.75) is 46.6 Å². The standard InChI is InChI=1S/C13H23N3O2/c1-4-6-13(9-14,12(17)18)8-11-7-10(3)15-16(11)5-2/h7H,4-6,8-9,14H2,1-3H3,(H,17,18). The number of aromatic nitrogens is 2. The van der Waals surface area contributed by atoms with Crippen LogP contribution < -0.4 is 5.73 Å². The van der Waals surface area contributed by atoms with Crippen molar-refractivity contribution in [2.24, 2.45) is 11.1 Å². The fourth-order valence-electron chi connectivity index (χ4n) is 2.37. The average molecular weight is 253 g/mol. The van der Waals surface area contributed by atoms with Gasteiger partial charge in [0.25, 0.3) is 0 Å². The molecule has 0 bridgehead atoms. The molecule has 0 spiro atoms. The third kappa shape index (κ3) is 2.90. The van der Waals surface area contributed by atoms with Crippen LogP contribution in [0.1, 0.15) is 38.1 Å². The van der Waals surface area contributed by atoms with Crippen LogP contribution in [0, 0.1) is 12.3 Å². The lowest BCUT2D eigenvalue weighted by molar-refractivity contribution is -0.148. The van der Waals surface area contributed by atoms with E-state index in [9.17, 15) is 9.90 Å². The molecule has 1 heterocycles. The van der Waals surface area contributed by atoms with Crippen LogP contribution >= 0.6 is 0 Å². The second-order valence-electron chi connectivity index (χ2n) is 4.81. The van der Waals surface area contributed by atoms with E-state index in [2.05, 4.69) is 5.10 Å². The van der Waals surface area contributed by atoms with Crippen molar-refractivity contribution in [1.82, 2.24) is 9.78 Å². The van der Waals surface area contributed by atoms with Crippen molar-refractivity contribution in [1.29, 1.82) is 0 Å². The summed E-state index contributed by atoms with van der Waals surface area (Å²) in [7, 11) is 0. The zero-order valence-electron chi connectivity index (χ0n) is 11.4. The molecule has 18 heavy (non-hydrogen) atoms. The topological polar surface area (TPSA) is 81.1 Å². The van der Waals surface area contributed by atoms with Gasteiger partial charge in [-0.15, -0.1) is 0 Å². The Morgan fingerprint density at radius 3 is 2.67 bits per heavy atom. The number of carboxylic acid groups (broad SMARTS) is 1. The van der Waals surface area contributed by atoms with Gasteiger partial charge in [-0.1, -0.05) is 13.3 Å². The van der Waals surface area contributed by atoms with Gasteiger partial charge in [-0.25, -0.2) is 0 Å². The number of hydrogen-bond acceptors (Lipinski definition) is 3. The number of aliphatic carboxylic acids is 1. The molecule has 1 rings (SSSR count). The maximum absolute atomic E-state index is 11.5. The highest BCUT2D eigenvalue weighted by atomic mass is 16.4. The second kappa shape index (κ2) is 6.00. The highest BCUT2D eigenvalue weighted by molar-refractivity contribution is 5.75. The van der Waals surface area contributed by atoms with Gasteiger partial charge in [-0.3, -0.25) is 9.48 Å². The molecular formula is C13H23N3O2. The summed E-state index contributed by atoms with van der Waals surface area (Å²) >= 11 is 0. The number of aryl methyl sites for hydroxylation is 2. The minimum absolute atomic E-state index is 0.157. The van der Waals surface area contributed by atoms with E-state index in [-0.39, 0.29) is 6.54 Å². The highest BCUT2D eigenvalue weighted by Crippen LogP contribution is 2.28. The van der Waals surface area contributed by atoms with E-state index < -0.39 is 11.4 Å². The van der Waals surface area contributed by atoms with Crippen molar-refractivity contribution < 1.29 is 9.90 Å². The number of carboxylic acids is 1. The van der Waals surface area contributed by atoms with Gasteiger partial charge in [0, 0.05) is 25.2 Å². The molecule has 0 fully saturated rings. The Labute approximate surface area is 108 Å². The Hall–Kier alpha value is -1.36. The summed E-state index contributed by atoms with van der Waals surface area (Å²) in [6.07, 6.45) is 1.84. The van der Waals surface area contributed by atoms with Crippen molar-refractivity contribution >= 4 is 5.97 Å². The van der Waals surface area contributed by atoms with E-state index in [0.717, 1.165) is 24.4 Å². The van der Waals surface area contributed by atoms with Gasteiger partial charge in [0.2, 0.25) is 0 Å². The second-order valence-corrected chi connectivity index (χ2v) is 4.81. The lowest BCUT2D eigenvalue weighted by Gasteiger charge is -2.27. The van der Waals surface area contributed by atoms with Gasteiger partial charge in [0.15, 0.2) is 0 Å². The Morgan fingerprint density at radius 1 is 1.56 bits per heavy atom. The molecule has 1 unspecified atom stereocenters. The third-order valence-corrected chi connectivity index (χ3v) is 3.38. The molecular weight excluding hydrogens is 230 g/mol. The van der Waals surface area contributed by atoms with Gasteiger partial charge >= 0.3 is 5.97 Å². The fourth-order valence-corrected chi connectivity index (χ4v) is 2.37. The smallest absolute Gasteiger partial charge is 0.311 e. The average Bonchev–Trinajstić information content (AvgIpc) is 2.68. The van der Waals surface area contributed by atoms with Crippen LogP contribution in [-0.4, -0.2) is 27.4 Å². The van der Waals surface area contributed by atoms with Crippen molar-refractivity contribution in [3.63, 3.8) is 0 Å². The summed E-state index contributed by atoms with van der Waals surface area (Å²) < 4.78 is 1.86. The Bertz CT molecular complexity index is 414. The summed E-state index contributed by atoms with van der Waals surface area (Å²) in [6, 6.07) is 1.95. The monoisotopic (exact) mass is 253 g/mol. The summed E-state index contributed by atoms with van der Waals surface area (Å²) in [5.41, 5.74) is 6.73. The number of hydrogen-bond donors (Lipinski definition) is 2. The molecule has 0 radical (unpaired) electrons. The van der Waals surface area contributed by atoms with Crippen molar-refractivity contribution in [3.05, 3.63) is 17.5 Å². The first kappa shape index (κ1) is 14.7. The summed E-state index contributed by atoms with van der Waals surface area (Å²) in [4.78, 5) is 11.5. The zero-order valence-corrected chi connectivity index (χ0v) is 11.4. The van der Waals surface area contributed by atoms with Gasteiger partial charge in [0.05, 0.1) is 11.1 Å². The van der Waals surface area contributed by atoms with E-state index in [1.165, 1.54) is 0 Å². The molecule has 0 aliphatic carbocycles. The minimum Gasteiger partial charge on any atom is -0.481 e. The van der Waals surface area contributed by atoms with Crippen molar-refractivity contribution in [2.75, 3.05) is 6.54 Å². The number of nitrogens with zero attached hydrogens (tertiary/aromatic N) is 2. The first-order valence-electron chi connectivity index (χ1n) is 6.46. The highest BCUT2D eigenvalue weighted by Gasteiger charge is 2.37. The van der Waals surface area contributed by atoms with Crippen LogP contribution in [0.3, 0.4) is 0 Å². The van der Waals surface area contributed by atoms with Crippen LogP contribution in [0.25, 0.3) is 0 Å². The molecule has 1 aromatic rings. The number of carbonyl (C=O) groups is 1. The zero-order chi connectivity index (χ0) is 13.8. The number of nitrogens with two attached hydrogens (primary N) is 1. The van der Waals surface area contributed by atoms with Crippen LogP contribution in [0.4, 0.5) is 0 Å². The van der Waals surface area contributed by atoms with Gasteiger partial charge in [-0.2, -0.15) is 5.10 Å². The van der Waals surface area contributed by atoms with Gasteiger partial charge in [0.1, 0.15) is 0 Å². The molecule has 102 valence electrons. The van der Waals surface area contributed by atoms with Gasteiger partial charge in [-0.05, 0) is 26.3 Å². The lowest BCUT2D eigenvalue weighted by atomic mass is 9.79. The largest absolute Gasteiger partial charge is 0.481 e. The maximum Gasteiger partial charge on any atom is 0.311 e. The summed E-state index contributed by atoms with van der Waals surface area (Å²) in [6.45, 7) is 6.80. The predicted molar refractivity (Wildman–Crippen MR) is 70.4 cm³/mol. The van der Waals surface area contributed by atoms with Crippen molar-refractivity contribution in [3.8, 4) is 0 Å². The summed E-state index contributed by atoms with van der Waals surface area (Å²) in [5, 5.41) is 13.8. The molecule has 0 amide bonds. The Balaban J connectivity index is 3.05. The molecule has 0 saturated heterocycles. The molecule has 1 atom stereocenters. The third-order valence-electron chi connectivity index (χ3n) is 3.38. The summed E-state index contributed by atoms with van der Waals surface area (Å²) in [5.74, 6) is -0.812. The van der Waals surface area contributed by atoms with Crippen LogP contribution in [0.5, 0.6) is 0 Å². The quantitative estimate of drug-likeness (QED) is 0.773. The Morgan fingerprint density at radius 2 is 2.22 bits per heavy atom. The molecule has 0 aliphatic heterocycles. The van der Waals surface area contributed by atoms with Crippen LogP contribution in [0.15, 0.2) is 6.07 Å². The van der Waals surface area contributed by atoms with E-state index in [4.69, 9.17) is 5.73 Å².